The molecular weight excluding hydrogens is 396 g/mol. The van der Waals surface area contributed by atoms with Crippen LogP contribution in [0.2, 0.25) is 5.02 Å². The maximum atomic E-state index is 12.3. The van der Waals surface area contributed by atoms with Gasteiger partial charge in [0.05, 0.1) is 11.1 Å². The van der Waals surface area contributed by atoms with Crippen LogP contribution < -0.4 is 5.32 Å². The number of carbonyl (C=O) groups is 3. The van der Waals surface area contributed by atoms with Crippen molar-refractivity contribution >= 4 is 45.3 Å². The molecule has 1 aliphatic heterocycles. The molecule has 1 N–H and O–H groups in total. The van der Waals surface area contributed by atoms with Gasteiger partial charge >= 0.3 is 0 Å². The molecule has 0 unspecified atom stereocenters. The molecule has 1 heterocycles. The summed E-state index contributed by atoms with van der Waals surface area (Å²) in [5, 5.41) is 3.30. The van der Waals surface area contributed by atoms with E-state index in [4.69, 9.17) is 11.6 Å². The zero-order valence-electron chi connectivity index (χ0n) is 12.6. The van der Waals surface area contributed by atoms with Crippen LogP contribution in [0.4, 0.5) is 0 Å². The summed E-state index contributed by atoms with van der Waals surface area (Å²) in [6.45, 7) is 0.259. The van der Waals surface area contributed by atoms with Crippen LogP contribution in [-0.4, -0.2) is 29.7 Å². The SMILES string of the molecule is CN1C(=O)c2ccc(C(=O)NCc3ccc(Br)cc3Cl)cc2C1=O. The zero-order valence-corrected chi connectivity index (χ0v) is 14.9. The van der Waals surface area contributed by atoms with E-state index in [-0.39, 0.29) is 23.9 Å². The number of halogens is 2. The molecule has 5 nitrogen and oxygen atoms in total. The van der Waals surface area contributed by atoms with Crippen molar-refractivity contribution < 1.29 is 14.4 Å². The van der Waals surface area contributed by atoms with Crippen LogP contribution >= 0.6 is 27.5 Å². The molecule has 0 saturated heterocycles. The van der Waals surface area contributed by atoms with Gasteiger partial charge in [-0.3, -0.25) is 19.3 Å². The highest BCUT2D eigenvalue weighted by atomic mass is 79.9. The van der Waals surface area contributed by atoms with Gasteiger partial charge in [0, 0.05) is 28.7 Å². The third-order valence-electron chi connectivity index (χ3n) is 3.81. The highest BCUT2D eigenvalue weighted by Crippen LogP contribution is 2.23. The number of amides is 3. The summed E-state index contributed by atoms with van der Waals surface area (Å²) < 4.78 is 0.855. The minimum absolute atomic E-state index is 0.247. The molecule has 0 aliphatic carbocycles. The number of carbonyl (C=O) groups excluding carboxylic acids is 3. The summed E-state index contributed by atoms with van der Waals surface area (Å²) in [6, 6.07) is 9.87. The molecule has 0 aromatic heterocycles. The number of fused-ring (bicyclic) bond motifs is 1. The standard InChI is InChI=1S/C17H12BrClN2O3/c1-21-16(23)12-5-3-9(6-13(12)17(21)24)15(22)20-8-10-2-4-11(18)7-14(10)19/h2-7H,8H2,1H3,(H,20,22). The fourth-order valence-corrected chi connectivity index (χ4v) is 3.19. The van der Waals surface area contributed by atoms with Gasteiger partial charge in [-0.25, -0.2) is 0 Å². The van der Waals surface area contributed by atoms with Gasteiger partial charge in [-0.05, 0) is 35.9 Å². The molecule has 1 aliphatic rings. The Morgan fingerprint density at radius 1 is 1.12 bits per heavy atom. The van der Waals surface area contributed by atoms with Gasteiger partial charge in [-0.2, -0.15) is 0 Å². The maximum absolute atomic E-state index is 12.3. The summed E-state index contributed by atoms with van der Waals surface area (Å²) in [6.07, 6.45) is 0. The largest absolute Gasteiger partial charge is 0.348 e. The quantitative estimate of drug-likeness (QED) is 0.794. The number of rotatable bonds is 3. The van der Waals surface area contributed by atoms with Crippen molar-refractivity contribution in [2.75, 3.05) is 7.05 Å². The van der Waals surface area contributed by atoms with Crippen molar-refractivity contribution in [3.05, 3.63) is 68.1 Å². The Kier molecular flexibility index (Phi) is 4.43. The Labute approximate surface area is 151 Å². The molecule has 0 radical (unpaired) electrons. The van der Waals surface area contributed by atoms with Crippen LogP contribution in [0.25, 0.3) is 0 Å². The molecule has 0 spiro atoms. The Morgan fingerprint density at radius 2 is 1.83 bits per heavy atom. The van der Waals surface area contributed by atoms with E-state index in [1.807, 2.05) is 12.1 Å². The van der Waals surface area contributed by atoms with Gasteiger partial charge in [0.25, 0.3) is 17.7 Å². The van der Waals surface area contributed by atoms with Crippen molar-refractivity contribution in [3.63, 3.8) is 0 Å². The van der Waals surface area contributed by atoms with E-state index in [1.54, 1.807) is 6.07 Å². The van der Waals surface area contributed by atoms with Gasteiger partial charge in [-0.15, -0.1) is 0 Å². The number of imide groups is 1. The van der Waals surface area contributed by atoms with E-state index in [2.05, 4.69) is 21.2 Å². The minimum atomic E-state index is -0.402. The van der Waals surface area contributed by atoms with E-state index in [9.17, 15) is 14.4 Å². The summed E-state index contributed by atoms with van der Waals surface area (Å²) >= 11 is 9.44. The van der Waals surface area contributed by atoms with Crippen LogP contribution in [0, 0.1) is 0 Å². The lowest BCUT2D eigenvalue weighted by atomic mass is 10.1. The molecule has 7 heteroatoms. The topological polar surface area (TPSA) is 66.5 Å². The first kappa shape index (κ1) is 16.7. The number of nitrogens with zero attached hydrogens (tertiary/aromatic N) is 1. The first-order valence-corrected chi connectivity index (χ1v) is 8.24. The second-order valence-electron chi connectivity index (χ2n) is 5.35. The number of hydrogen-bond acceptors (Lipinski definition) is 3. The highest BCUT2D eigenvalue weighted by Gasteiger charge is 2.33. The molecule has 2 aromatic carbocycles. The first-order valence-electron chi connectivity index (χ1n) is 7.07. The maximum Gasteiger partial charge on any atom is 0.261 e. The lowest BCUT2D eigenvalue weighted by molar-refractivity contribution is 0.0693. The Morgan fingerprint density at radius 3 is 2.54 bits per heavy atom. The molecule has 2 aromatic rings. The Bertz CT molecular complexity index is 882. The van der Waals surface area contributed by atoms with Crippen LogP contribution in [0.15, 0.2) is 40.9 Å². The summed E-state index contributed by atoms with van der Waals surface area (Å²) in [5.74, 6) is -1.10. The zero-order chi connectivity index (χ0) is 17.4. The van der Waals surface area contributed by atoms with Crippen molar-refractivity contribution in [2.45, 2.75) is 6.54 Å². The van der Waals surface area contributed by atoms with E-state index in [0.29, 0.717) is 16.1 Å². The predicted octanol–water partition coefficient (Wildman–Crippen LogP) is 3.26. The molecular formula is C17H12BrClN2O3. The van der Waals surface area contributed by atoms with Gasteiger partial charge in [-0.1, -0.05) is 33.6 Å². The summed E-state index contributed by atoms with van der Waals surface area (Å²) in [4.78, 5) is 37.2. The lowest BCUT2D eigenvalue weighted by Crippen LogP contribution is -2.24. The third-order valence-corrected chi connectivity index (χ3v) is 4.65. The first-order chi connectivity index (χ1) is 11.4. The van der Waals surface area contributed by atoms with Gasteiger partial charge in [0.1, 0.15) is 0 Å². The number of benzene rings is 2. The third kappa shape index (κ3) is 2.95. The predicted molar refractivity (Wildman–Crippen MR) is 93.2 cm³/mol. The summed E-state index contributed by atoms with van der Waals surface area (Å²) in [5.41, 5.74) is 1.66. The van der Waals surface area contributed by atoms with Crippen molar-refractivity contribution in [2.24, 2.45) is 0 Å². The van der Waals surface area contributed by atoms with E-state index < -0.39 is 5.91 Å². The minimum Gasteiger partial charge on any atom is -0.348 e. The molecule has 122 valence electrons. The monoisotopic (exact) mass is 406 g/mol. The van der Waals surface area contributed by atoms with Crippen LogP contribution in [0.1, 0.15) is 36.6 Å². The molecule has 0 atom stereocenters. The number of hydrogen-bond donors (Lipinski definition) is 1. The molecule has 0 bridgehead atoms. The molecule has 0 saturated carbocycles. The molecule has 24 heavy (non-hydrogen) atoms. The molecule has 0 fully saturated rings. The normalized spacial score (nSPS) is 13.2. The van der Waals surface area contributed by atoms with Crippen molar-refractivity contribution in [1.82, 2.24) is 10.2 Å². The van der Waals surface area contributed by atoms with Crippen LogP contribution in [-0.2, 0) is 6.54 Å². The fourth-order valence-electron chi connectivity index (χ4n) is 2.45. The van der Waals surface area contributed by atoms with Crippen LogP contribution in [0.5, 0.6) is 0 Å². The highest BCUT2D eigenvalue weighted by molar-refractivity contribution is 9.10. The van der Waals surface area contributed by atoms with Crippen molar-refractivity contribution in [1.29, 1.82) is 0 Å². The van der Waals surface area contributed by atoms with Crippen LogP contribution in [0.3, 0.4) is 0 Å². The fraction of sp³-hybridized carbons (Fsp3) is 0.118. The van der Waals surface area contributed by atoms with Crippen molar-refractivity contribution in [3.8, 4) is 0 Å². The van der Waals surface area contributed by atoms with E-state index in [0.717, 1.165) is 14.9 Å². The average molecular weight is 408 g/mol. The lowest BCUT2D eigenvalue weighted by Gasteiger charge is -2.08. The molecule has 3 amide bonds. The Hall–Kier alpha value is -2.18. The van der Waals surface area contributed by atoms with Gasteiger partial charge in [0.15, 0.2) is 0 Å². The number of nitrogens with one attached hydrogen (secondary N) is 1. The van der Waals surface area contributed by atoms with E-state index in [1.165, 1.54) is 25.2 Å². The summed E-state index contributed by atoms with van der Waals surface area (Å²) in [7, 11) is 1.42. The average Bonchev–Trinajstić information content (AvgIpc) is 2.78. The second kappa shape index (κ2) is 6.37. The Balaban J connectivity index is 1.77. The van der Waals surface area contributed by atoms with Gasteiger partial charge in [0.2, 0.25) is 0 Å². The smallest absolute Gasteiger partial charge is 0.261 e. The van der Waals surface area contributed by atoms with Gasteiger partial charge < -0.3 is 5.32 Å². The molecule has 3 rings (SSSR count). The second-order valence-corrected chi connectivity index (χ2v) is 6.67. The van der Waals surface area contributed by atoms with E-state index >= 15 is 0 Å².